The Morgan fingerprint density at radius 2 is 1.77 bits per heavy atom. The zero-order chi connectivity index (χ0) is 15.1. The zero-order valence-corrected chi connectivity index (χ0v) is 13.9. The highest BCUT2D eigenvalue weighted by atomic mass is 79.9. The standard InChI is InChI=1S/C17H20BrN3O/c18-11-7-5-10(6-8-11)16-15-14(9-19-17(15)22)20-12-3-1-2-4-13(12)21-16/h5-8,12-13,16,20-21H,1-4,9H2,(H,19,22)/t12?,13-,16-/m1/s1. The average molecular weight is 362 g/mol. The molecule has 0 saturated heterocycles. The zero-order valence-electron chi connectivity index (χ0n) is 12.4. The van der Waals surface area contributed by atoms with Gasteiger partial charge in [-0.2, -0.15) is 0 Å². The first-order valence-corrected chi connectivity index (χ1v) is 8.81. The summed E-state index contributed by atoms with van der Waals surface area (Å²) in [5.41, 5.74) is 3.11. The highest BCUT2D eigenvalue weighted by Crippen LogP contribution is 2.33. The van der Waals surface area contributed by atoms with Crippen LogP contribution in [0, 0.1) is 0 Å². The molecule has 1 saturated carbocycles. The molecule has 1 fully saturated rings. The Kier molecular flexibility index (Phi) is 3.70. The van der Waals surface area contributed by atoms with Crippen molar-refractivity contribution in [1.82, 2.24) is 16.0 Å². The van der Waals surface area contributed by atoms with Gasteiger partial charge < -0.3 is 16.0 Å². The fraction of sp³-hybridized carbons (Fsp3) is 0.471. The molecular formula is C17H20BrN3O. The van der Waals surface area contributed by atoms with E-state index in [1.807, 2.05) is 12.1 Å². The summed E-state index contributed by atoms with van der Waals surface area (Å²) < 4.78 is 1.06. The number of carbonyl (C=O) groups excluding carboxylic acids is 1. The van der Waals surface area contributed by atoms with Gasteiger partial charge in [0.05, 0.1) is 18.2 Å². The molecule has 116 valence electrons. The first-order valence-electron chi connectivity index (χ1n) is 8.01. The number of benzene rings is 1. The Hall–Kier alpha value is -1.33. The van der Waals surface area contributed by atoms with E-state index in [0.29, 0.717) is 18.6 Å². The van der Waals surface area contributed by atoms with Crippen LogP contribution in [0.3, 0.4) is 0 Å². The number of carbonyl (C=O) groups is 1. The van der Waals surface area contributed by atoms with Gasteiger partial charge in [-0.25, -0.2) is 0 Å². The quantitative estimate of drug-likeness (QED) is 0.719. The largest absolute Gasteiger partial charge is 0.382 e. The number of halogens is 1. The van der Waals surface area contributed by atoms with Crippen LogP contribution in [0.1, 0.15) is 37.3 Å². The molecule has 0 bridgehead atoms. The Labute approximate surface area is 138 Å². The van der Waals surface area contributed by atoms with Gasteiger partial charge >= 0.3 is 0 Å². The molecule has 2 aliphatic heterocycles. The first kappa shape index (κ1) is 14.3. The van der Waals surface area contributed by atoms with Gasteiger partial charge in [0.1, 0.15) is 0 Å². The minimum Gasteiger partial charge on any atom is -0.382 e. The van der Waals surface area contributed by atoms with Crippen molar-refractivity contribution >= 4 is 21.8 Å². The second kappa shape index (κ2) is 5.70. The number of hydrogen-bond donors (Lipinski definition) is 3. The summed E-state index contributed by atoms with van der Waals surface area (Å²) in [6.07, 6.45) is 4.88. The summed E-state index contributed by atoms with van der Waals surface area (Å²) >= 11 is 3.48. The van der Waals surface area contributed by atoms with E-state index in [9.17, 15) is 4.79 Å². The van der Waals surface area contributed by atoms with Gasteiger partial charge in [-0.1, -0.05) is 40.9 Å². The van der Waals surface area contributed by atoms with E-state index in [4.69, 9.17) is 0 Å². The van der Waals surface area contributed by atoms with Crippen molar-refractivity contribution in [3.63, 3.8) is 0 Å². The van der Waals surface area contributed by atoms with E-state index in [2.05, 4.69) is 44.0 Å². The van der Waals surface area contributed by atoms with Gasteiger partial charge in [-0.05, 0) is 30.5 Å². The van der Waals surface area contributed by atoms with Crippen LogP contribution in [0.4, 0.5) is 0 Å². The molecule has 1 aromatic carbocycles. The minimum atomic E-state index is -0.0220. The lowest BCUT2D eigenvalue weighted by atomic mass is 9.89. The van der Waals surface area contributed by atoms with Crippen molar-refractivity contribution in [3.8, 4) is 0 Å². The highest BCUT2D eigenvalue weighted by molar-refractivity contribution is 9.10. The fourth-order valence-corrected chi connectivity index (χ4v) is 4.14. The maximum atomic E-state index is 12.4. The molecule has 4 rings (SSSR count). The highest BCUT2D eigenvalue weighted by Gasteiger charge is 2.38. The second-order valence-corrected chi connectivity index (χ2v) is 7.28. The van der Waals surface area contributed by atoms with Gasteiger partial charge in [-0.3, -0.25) is 4.79 Å². The van der Waals surface area contributed by atoms with E-state index in [1.165, 1.54) is 25.7 Å². The molecule has 0 aromatic heterocycles. The average Bonchev–Trinajstić information content (AvgIpc) is 2.79. The fourth-order valence-electron chi connectivity index (χ4n) is 3.87. The van der Waals surface area contributed by atoms with Gasteiger partial charge in [0.15, 0.2) is 0 Å². The summed E-state index contributed by atoms with van der Waals surface area (Å²) in [4.78, 5) is 12.4. The maximum absolute atomic E-state index is 12.4. The molecule has 5 heteroatoms. The SMILES string of the molecule is O=C1NCC2=C1[C@@H](c1ccc(Br)cc1)N[C@@H]1CCCCC1N2. The van der Waals surface area contributed by atoms with E-state index in [0.717, 1.165) is 21.3 Å². The van der Waals surface area contributed by atoms with Crippen LogP contribution in [0.5, 0.6) is 0 Å². The van der Waals surface area contributed by atoms with Crippen LogP contribution < -0.4 is 16.0 Å². The van der Waals surface area contributed by atoms with Crippen molar-refractivity contribution in [2.24, 2.45) is 0 Å². The van der Waals surface area contributed by atoms with Gasteiger partial charge in [-0.15, -0.1) is 0 Å². The number of rotatable bonds is 1. The monoisotopic (exact) mass is 361 g/mol. The van der Waals surface area contributed by atoms with Gasteiger partial charge in [0.25, 0.3) is 5.91 Å². The number of amides is 1. The Morgan fingerprint density at radius 1 is 1.05 bits per heavy atom. The van der Waals surface area contributed by atoms with E-state index >= 15 is 0 Å². The number of nitrogens with one attached hydrogen (secondary N) is 3. The normalized spacial score (nSPS) is 31.0. The van der Waals surface area contributed by atoms with Gasteiger partial charge in [0.2, 0.25) is 0 Å². The summed E-state index contributed by atoms with van der Waals surface area (Å²) in [5, 5.41) is 10.4. The molecule has 3 atom stereocenters. The van der Waals surface area contributed by atoms with Crippen molar-refractivity contribution in [3.05, 3.63) is 45.6 Å². The Morgan fingerprint density at radius 3 is 2.55 bits per heavy atom. The van der Waals surface area contributed by atoms with Crippen LogP contribution in [-0.4, -0.2) is 24.5 Å². The molecule has 0 radical (unpaired) electrons. The van der Waals surface area contributed by atoms with Gasteiger partial charge in [0, 0.05) is 22.3 Å². The molecule has 0 spiro atoms. The summed E-state index contributed by atoms with van der Waals surface area (Å²) in [7, 11) is 0. The predicted octanol–water partition coefficient (Wildman–Crippen LogP) is 2.38. The van der Waals surface area contributed by atoms with Crippen LogP contribution >= 0.6 is 15.9 Å². The van der Waals surface area contributed by atoms with Crippen molar-refractivity contribution in [2.45, 2.75) is 43.8 Å². The van der Waals surface area contributed by atoms with E-state index < -0.39 is 0 Å². The molecule has 1 aliphatic carbocycles. The van der Waals surface area contributed by atoms with Crippen molar-refractivity contribution in [2.75, 3.05) is 6.54 Å². The van der Waals surface area contributed by atoms with Crippen molar-refractivity contribution in [1.29, 1.82) is 0 Å². The molecule has 22 heavy (non-hydrogen) atoms. The molecule has 1 aromatic rings. The lowest BCUT2D eigenvalue weighted by Crippen LogP contribution is -2.49. The molecule has 2 heterocycles. The molecule has 3 aliphatic rings. The maximum Gasteiger partial charge on any atom is 0.251 e. The predicted molar refractivity (Wildman–Crippen MR) is 89.2 cm³/mol. The summed E-state index contributed by atoms with van der Waals surface area (Å²) in [6, 6.07) is 9.13. The van der Waals surface area contributed by atoms with Crippen LogP contribution in [-0.2, 0) is 4.79 Å². The Bertz CT molecular complexity index is 625. The topological polar surface area (TPSA) is 53.2 Å². The van der Waals surface area contributed by atoms with E-state index in [1.54, 1.807) is 0 Å². The molecule has 1 amide bonds. The third-order valence-electron chi connectivity index (χ3n) is 4.99. The van der Waals surface area contributed by atoms with Crippen molar-refractivity contribution < 1.29 is 4.79 Å². The van der Waals surface area contributed by atoms with Crippen LogP contribution in [0.25, 0.3) is 0 Å². The second-order valence-electron chi connectivity index (χ2n) is 6.37. The summed E-state index contributed by atoms with van der Waals surface area (Å²) in [6.45, 7) is 0.631. The minimum absolute atomic E-state index is 0.0220. The smallest absolute Gasteiger partial charge is 0.251 e. The lowest BCUT2D eigenvalue weighted by molar-refractivity contribution is -0.117. The first-order chi connectivity index (χ1) is 10.7. The molecular weight excluding hydrogens is 342 g/mol. The third-order valence-corrected chi connectivity index (χ3v) is 5.52. The molecule has 4 nitrogen and oxygen atoms in total. The molecule has 3 N–H and O–H groups in total. The third kappa shape index (κ3) is 2.46. The van der Waals surface area contributed by atoms with E-state index in [-0.39, 0.29) is 11.9 Å². The summed E-state index contributed by atoms with van der Waals surface area (Å²) in [5.74, 6) is 0.0570. The Balaban J connectivity index is 1.74. The number of fused-ring (bicyclic) bond motifs is 1. The van der Waals surface area contributed by atoms with Crippen LogP contribution in [0.15, 0.2) is 40.0 Å². The van der Waals surface area contributed by atoms with Crippen LogP contribution in [0.2, 0.25) is 0 Å². The lowest BCUT2D eigenvalue weighted by Gasteiger charge is -2.34. The molecule has 1 unspecified atom stereocenters. The number of hydrogen-bond acceptors (Lipinski definition) is 3.